The Kier molecular flexibility index (Phi) is 7.09. The molecule has 0 saturated carbocycles. The van der Waals surface area contributed by atoms with Crippen molar-refractivity contribution < 1.29 is 9.18 Å². The van der Waals surface area contributed by atoms with Gasteiger partial charge in [-0.3, -0.25) is 4.79 Å². The molecule has 0 bridgehead atoms. The van der Waals surface area contributed by atoms with Crippen LogP contribution >= 0.6 is 24.2 Å². The van der Waals surface area contributed by atoms with Crippen LogP contribution in [0.2, 0.25) is 0 Å². The molecule has 1 aliphatic heterocycles. The van der Waals surface area contributed by atoms with E-state index in [-0.39, 0.29) is 29.4 Å². The average molecular weight is 367 g/mol. The van der Waals surface area contributed by atoms with Crippen LogP contribution in [0.1, 0.15) is 10.8 Å². The molecule has 6 heteroatoms. The SMILES string of the molecule is Cl.O=C(NCC1CNC1)C(Sc1ccc(F)cc1)c1ccccc1. The number of hydrogen-bond donors (Lipinski definition) is 2. The second-order valence-corrected chi connectivity index (χ2v) is 6.81. The molecule has 1 aliphatic rings. The second kappa shape index (κ2) is 9.06. The molecule has 1 fully saturated rings. The fraction of sp³-hybridized carbons (Fsp3) is 0.278. The van der Waals surface area contributed by atoms with Crippen LogP contribution in [0.25, 0.3) is 0 Å². The van der Waals surface area contributed by atoms with E-state index in [2.05, 4.69) is 10.6 Å². The summed E-state index contributed by atoms with van der Waals surface area (Å²) in [6.07, 6.45) is 0. The Balaban J connectivity index is 0.00000208. The first-order valence-corrected chi connectivity index (χ1v) is 8.56. The van der Waals surface area contributed by atoms with Crippen LogP contribution in [-0.2, 0) is 4.79 Å². The van der Waals surface area contributed by atoms with Gasteiger partial charge in [0, 0.05) is 30.4 Å². The van der Waals surface area contributed by atoms with Gasteiger partial charge < -0.3 is 10.6 Å². The summed E-state index contributed by atoms with van der Waals surface area (Å²) < 4.78 is 13.1. The molecule has 3 nitrogen and oxygen atoms in total. The van der Waals surface area contributed by atoms with E-state index in [0.717, 1.165) is 23.5 Å². The summed E-state index contributed by atoms with van der Waals surface area (Å²) in [7, 11) is 0. The van der Waals surface area contributed by atoms with Crippen LogP contribution in [0.15, 0.2) is 59.5 Å². The van der Waals surface area contributed by atoms with Gasteiger partial charge >= 0.3 is 0 Å². The Morgan fingerprint density at radius 3 is 2.42 bits per heavy atom. The predicted molar refractivity (Wildman–Crippen MR) is 98.1 cm³/mol. The minimum absolute atomic E-state index is 0. The van der Waals surface area contributed by atoms with Gasteiger partial charge in [0.05, 0.1) is 0 Å². The number of nitrogens with one attached hydrogen (secondary N) is 2. The molecule has 0 aromatic heterocycles. The van der Waals surface area contributed by atoms with Crippen molar-refractivity contribution in [2.75, 3.05) is 19.6 Å². The van der Waals surface area contributed by atoms with Crippen molar-refractivity contribution in [3.63, 3.8) is 0 Å². The predicted octanol–water partition coefficient (Wildman–Crippen LogP) is 3.42. The van der Waals surface area contributed by atoms with Crippen molar-refractivity contribution in [3.05, 3.63) is 66.0 Å². The molecule has 1 saturated heterocycles. The minimum Gasteiger partial charge on any atom is -0.354 e. The number of hydrogen-bond acceptors (Lipinski definition) is 3. The third-order valence-electron chi connectivity index (χ3n) is 3.84. The standard InChI is InChI=1S/C18H19FN2OS.ClH/c19-15-6-8-16(9-7-15)23-17(14-4-2-1-3-5-14)18(22)21-12-13-10-20-11-13;/h1-9,13,17,20H,10-12H2,(H,21,22);1H. The molecule has 1 unspecified atom stereocenters. The molecule has 2 N–H and O–H groups in total. The summed E-state index contributed by atoms with van der Waals surface area (Å²) in [6, 6.07) is 15.9. The zero-order valence-corrected chi connectivity index (χ0v) is 14.7. The maximum atomic E-state index is 13.1. The van der Waals surface area contributed by atoms with E-state index in [1.54, 1.807) is 12.1 Å². The van der Waals surface area contributed by atoms with Gasteiger partial charge in [0.2, 0.25) is 5.91 Å². The van der Waals surface area contributed by atoms with Gasteiger partial charge in [0.1, 0.15) is 11.1 Å². The van der Waals surface area contributed by atoms with Crippen LogP contribution < -0.4 is 10.6 Å². The first-order chi connectivity index (χ1) is 11.2. The molecule has 0 spiro atoms. The Morgan fingerprint density at radius 1 is 1.17 bits per heavy atom. The summed E-state index contributed by atoms with van der Waals surface area (Å²) in [6.45, 7) is 2.61. The molecular formula is C18H20ClFN2OS. The number of carbonyl (C=O) groups excluding carboxylic acids is 1. The summed E-state index contributed by atoms with van der Waals surface area (Å²) in [5, 5.41) is 5.90. The number of carbonyl (C=O) groups is 1. The summed E-state index contributed by atoms with van der Waals surface area (Å²) >= 11 is 1.44. The van der Waals surface area contributed by atoms with Crippen LogP contribution in [0.4, 0.5) is 4.39 Å². The first kappa shape index (κ1) is 18.8. The molecule has 1 amide bonds. The fourth-order valence-corrected chi connectivity index (χ4v) is 3.43. The van der Waals surface area contributed by atoms with Gasteiger partial charge in [-0.05, 0) is 29.8 Å². The Labute approximate surface area is 151 Å². The lowest BCUT2D eigenvalue weighted by atomic mass is 10.0. The molecular weight excluding hydrogens is 347 g/mol. The van der Waals surface area contributed by atoms with Gasteiger partial charge in [-0.1, -0.05) is 30.3 Å². The number of halogens is 2. The largest absolute Gasteiger partial charge is 0.354 e. The fourth-order valence-electron chi connectivity index (χ4n) is 2.38. The quantitative estimate of drug-likeness (QED) is 0.770. The Bertz CT molecular complexity index is 650. The molecule has 2 aromatic carbocycles. The van der Waals surface area contributed by atoms with Crippen molar-refractivity contribution in [3.8, 4) is 0 Å². The van der Waals surface area contributed by atoms with E-state index in [0.29, 0.717) is 12.5 Å². The van der Waals surface area contributed by atoms with E-state index < -0.39 is 0 Å². The van der Waals surface area contributed by atoms with Crippen LogP contribution in [0.5, 0.6) is 0 Å². The van der Waals surface area contributed by atoms with Gasteiger partial charge in [-0.2, -0.15) is 0 Å². The van der Waals surface area contributed by atoms with E-state index in [1.807, 2.05) is 30.3 Å². The van der Waals surface area contributed by atoms with Crippen LogP contribution in [-0.4, -0.2) is 25.5 Å². The smallest absolute Gasteiger partial charge is 0.238 e. The van der Waals surface area contributed by atoms with Crippen molar-refractivity contribution in [1.82, 2.24) is 10.6 Å². The summed E-state index contributed by atoms with van der Waals surface area (Å²) in [5.74, 6) is 0.246. The second-order valence-electron chi connectivity index (χ2n) is 5.63. The molecule has 2 aromatic rings. The lowest BCUT2D eigenvalue weighted by Crippen LogP contribution is -2.48. The van der Waals surface area contributed by atoms with Gasteiger partial charge in [0.15, 0.2) is 0 Å². The zero-order chi connectivity index (χ0) is 16.1. The van der Waals surface area contributed by atoms with E-state index in [9.17, 15) is 9.18 Å². The summed E-state index contributed by atoms with van der Waals surface area (Å²) in [5.41, 5.74) is 0.950. The van der Waals surface area contributed by atoms with Crippen molar-refractivity contribution in [2.45, 2.75) is 10.1 Å². The molecule has 24 heavy (non-hydrogen) atoms. The third-order valence-corrected chi connectivity index (χ3v) is 5.11. The van der Waals surface area contributed by atoms with Crippen LogP contribution in [0, 0.1) is 11.7 Å². The lowest BCUT2D eigenvalue weighted by molar-refractivity contribution is -0.120. The zero-order valence-electron chi connectivity index (χ0n) is 13.1. The van der Waals surface area contributed by atoms with Gasteiger partial charge in [-0.25, -0.2) is 4.39 Å². The highest BCUT2D eigenvalue weighted by Gasteiger charge is 2.24. The molecule has 0 radical (unpaired) electrons. The third kappa shape index (κ3) is 4.97. The number of amides is 1. The van der Waals surface area contributed by atoms with E-state index in [4.69, 9.17) is 0 Å². The molecule has 128 valence electrons. The van der Waals surface area contributed by atoms with Gasteiger partial charge in [0.25, 0.3) is 0 Å². The summed E-state index contributed by atoms with van der Waals surface area (Å²) in [4.78, 5) is 13.5. The van der Waals surface area contributed by atoms with Gasteiger partial charge in [-0.15, -0.1) is 24.2 Å². The Morgan fingerprint density at radius 2 is 1.83 bits per heavy atom. The molecule has 3 rings (SSSR count). The minimum atomic E-state index is -0.338. The highest BCUT2D eigenvalue weighted by molar-refractivity contribution is 8.00. The Hall–Kier alpha value is -1.56. The average Bonchev–Trinajstić information content (AvgIpc) is 2.53. The highest BCUT2D eigenvalue weighted by atomic mass is 35.5. The molecule has 0 aliphatic carbocycles. The number of benzene rings is 2. The highest BCUT2D eigenvalue weighted by Crippen LogP contribution is 2.35. The van der Waals surface area contributed by atoms with Crippen molar-refractivity contribution in [2.24, 2.45) is 5.92 Å². The maximum Gasteiger partial charge on any atom is 0.238 e. The number of thioether (sulfide) groups is 1. The normalized spacial score (nSPS) is 15.0. The van der Waals surface area contributed by atoms with E-state index in [1.165, 1.54) is 23.9 Å². The first-order valence-electron chi connectivity index (χ1n) is 7.68. The van der Waals surface area contributed by atoms with E-state index >= 15 is 0 Å². The molecule has 1 heterocycles. The van der Waals surface area contributed by atoms with Crippen molar-refractivity contribution in [1.29, 1.82) is 0 Å². The number of rotatable bonds is 6. The van der Waals surface area contributed by atoms with Crippen LogP contribution in [0.3, 0.4) is 0 Å². The topological polar surface area (TPSA) is 41.1 Å². The maximum absolute atomic E-state index is 13.1. The molecule has 1 atom stereocenters. The van der Waals surface area contributed by atoms with Crippen molar-refractivity contribution >= 4 is 30.1 Å². The lowest BCUT2D eigenvalue weighted by Gasteiger charge is -2.28. The monoisotopic (exact) mass is 366 g/mol.